The molecule has 0 aromatic carbocycles. The molecule has 2 bridgehead atoms. The van der Waals surface area contributed by atoms with E-state index in [0.717, 1.165) is 31.7 Å². The Labute approximate surface area is 150 Å². The van der Waals surface area contributed by atoms with Crippen LogP contribution in [-0.4, -0.2) is 45.8 Å². The van der Waals surface area contributed by atoms with Crippen molar-refractivity contribution in [2.75, 3.05) is 7.05 Å². The van der Waals surface area contributed by atoms with Crippen LogP contribution < -0.4 is 5.32 Å². The zero-order chi connectivity index (χ0) is 18.5. The lowest BCUT2D eigenvalue weighted by molar-refractivity contribution is -0.141. The number of alkyl halides is 3. The summed E-state index contributed by atoms with van der Waals surface area (Å²) in [5.74, 6) is 0.0657. The van der Waals surface area contributed by atoms with Crippen LogP contribution in [0.15, 0.2) is 6.07 Å². The second kappa shape index (κ2) is 6.55. The molecule has 144 valence electrons. The van der Waals surface area contributed by atoms with Crippen molar-refractivity contribution in [2.45, 2.75) is 81.7 Å². The molecule has 1 N–H and O–H groups in total. The SMILES string of the molecule is CN1C2CCC1CC(NC(=O)CCn1nc(C(F)(F)F)cc1C1CC1)C2. The van der Waals surface area contributed by atoms with E-state index in [9.17, 15) is 18.0 Å². The van der Waals surface area contributed by atoms with Crippen LogP contribution >= 0.6 is 0 Å². The van der Waals surface area contributed by atoms with Crippen molar-refractivity contribution >= 4 is 5.91 Å². The van der Waals surface area contributed by atoms with Gasteiger partial charge in [0.15, 0.2) is 5.69 Å². The Morgan fingerprint density at radius 2 is 1.88 bits per heavy atom. The zero-order valence-corrected chi connectivity index (χ0v) is 14.9. The Balaban J connectivity index is 1.34. The van der Waals surface area contributed by atoms with Crippen LogP contribution in [0.25, 0.3) is 0 Å². The third kappa shape index (κ3) is 3.61. The molecule has 5 nitrogen and oxygen atoms in total. The fourth-order valence-electron chi connectivity index (χ4n) is 4.49. The van der Waals surface area contributed by atoms with E-state index >= 15 is 0 Å². The fraction of sp³-hybridized carbons (Fsp3) is 0.778. The highest BCUT2D eigenvalue weighted by molar-refractivity contribution is 5.76. The van der Waals surface area contributed by atoms with E-state index in [4.69, 9.17) is 0 Å². The first-order chi connectivity index (χ1) is 12.3. The average Bonchev–Trinajstić information content (AvgIpc) is 3.28. The summed E-state index contributed by atoms with van der Waals surface area (Å²) in [4.78, 5) is 14.7. The number of hydrogen-bond donors (Lipinski definition) is 1. The molecule has 1 amide bonds. The number of hydrogen-bond acceptors (Lipinski definition) is 3. The molecule has 0 spiro atoms. The molecule has 26 heavy (non-hydrogen) atoms. The molecule has 0 radical (unpaired) electrons. The standard InChI is InChI=1S/C18H25F3N4O/c1-24-13-4-5-14(24)9-12(8-13)22-17(26)6-7-25-15(11-2-3-11)10-16(23-25)18(19,20)21/h10-14H,2-9H2,1H3,(H,22,26). The number of piperidine rings is 1. The maximum absolute atomic E-state index is 12.9. The Bertz CT molecular complexity index is 668. The van der Waals surface area contributed by atoms with Crippen molar-refractivity contribution in [3.63, 3.8) is 0 Å². The summed E-state index contributed by atoms with van der Waals surface area (Å²) in [6, 6.07) is 2.41. The van der Waals surface area contributed by atoms with E-state index in [1.807, 2.05) is 0 Å². The molecule has 8 heteroatoms. The first-order valence-corrected chi connectivity index (χ1v) is 9.47. The van der Waals surface area contributed by atoms with Crippen molar-refractivity contribution in [1.29, 1.82) is 0 Å². The quantitative estimate of drug-likeness (QED) is 0.867. The first-order valence-electron chi connectivity index (χ1n) is 9.47. The number of aromatic nitrogens is 2. The molecule has 2 atom stereocenters. The van der Waals surface area contributed by atoms with E-state index in [1.165, 1.54) is 17.5 Å². The summed E-state index contributed by atoms with van der Waals surface area (Å²) < 4.78 is 40.2. The molecule has 3 heterocycles. The Morgan fingerprint density at radius 1 is 1.23 bits per heavy atom. The predicted octanol–water partition coefficient (Wildman–Crippen LogP) is 2.91. The molecule has 3 fully saturated rings. The van der Waals surface area contributed by atoms with Gasteiger partial charge in [-0.2, -0.15) is 18.3 Å². The van der Waals surface area contributed by atoms with Crippen LogP contribution in [-0.2, 0) is 17.5 Å². The van der Waals surface area contributed by atoms with Gasteiger partial charge in [-0.3, -0.25) is 9.48 Å². The second-order valence-electron chi connectivity index (χ2n) is 7.99. The van der Waals surface area contributed by atoms with E-state index in [-0.39, 0.29) is 30.8 Å². The van der Waals surface area contributed by atoms with Crippen LogP contribution in [0.4, 0.5) is 13.2 Å². The lowest BCUT2D eigenvalue weighted by Gasteiger charge is -2.36. The molecular weight excluding hydrogens is 345 g/mol. The summed E-state index contributed by atoms with van der Waals surface area (Å²) in [6.45, 7) is 0.202. The van der Waals surface area contributed by atoms with Gasteiger partial charge in [-0.15, -0.1) is 0 Å². The minimum atomic E-state index is -4.44. The highest BCUT2D eigenvalue weighted by Crippen LogP contribution is 2.42. The number of nitrogens with zero attached hydrogens (tertiary/aromatic N) is 3. The van der Waals surface area contributed by atoms with Gasteiger partial charge in [-0.1, -0.05) is 0 Å². The average molecular weight is 370 g/mol. The largest absolute Gasteiger partial charge is 0.435 e. The Hall–Kier alpha value is -1.57. The van der Waals surface area contributed by atoms with Gasteiger partial charge in [-0.05, 0) is 51.6 Å². The van der Waals surface area contributed by atoms with Gasteiger partial charge in [0.2, 0.25) is 5.91 Å². The summed E-state index contributed by atoms with van der Waals surface area (Å²) in [6.07, 6.45) is 1.82. The minimum Gasteiger partial charge on any atom is -0.353 e. The number of aryl methyl sites for hydroxylation is 1. The van der Waals surface area contributed by atoms with Crippen LogP contribution in [0.2, 0.25) is 0 Å². The summed E-state index contributed by atoms with van der Waals surface area (Å²) in [7, 11) is 2.15. The molecular formula is C18H25F3N4O. The summed E-state index contributed by atoms with van der Waals surface area (Å²) in [5.41, 5.74) is -0.242. The van der Waals surface area contributed by atoms with Gasteiger partial charge in [0, 0.05) is 42.7 Å². The molecule has 4 rings (SSSR count). The maximum atomic E-state index is 12.9. The number of rotatable bonds is 5. The van der Waals surface area contributed by atoms with Crippen molar-refractivity contribution < 1.29 is 18.0 Å². The Morgan fingerprint density at radius 3 is 2.46 bits per heavy atom. The molecule has 1 aromatic rings. The van der Waals surface area contributed by atoms with Crippen LogP contribution in [0.3, 0.4) is 0 Å². The highest BCUT2D eigenvalue weighted by Gasteiger charge is 2.39. The van der Waals surface area contributed by atoms with Crippen molar-refractivity contribution in [3.8, 4) is 0 Å². The summed E-state index contributed by atoms with van der Waals surface area (Å²) >= 11 is 0. The van der Waals surface area contributed by atoms with Crippen LogP contribution in [0, 0.1) is 0 Å². The zero-order valence-electron chi connectivity index (χ0n) is 14.9. The molecule has 2 aliphatic heterocycles. The third-order valence-corrected chi connectivity index (χ3v) is 6.11. The van der Waals surface area contributed by atoms with E-state index < -0.39 is 11.9 Å². The van der Waals surface area contributed by atoms with Gasteiger partial charge in [0.05, 0.1) is 0 Å². The molecule has 1 saturated carbocycles. The third-order valence-electron chi connectivity index (χ3n) is 6.11. The number of nitrogens with one attached hydrogen (secondary N) is 1. The van der Waals surface area contributed by atoms with Gasteiger partial charge in [0.25, 0.3) is 0 Å². The normalized spacial score (nSPS) is 29.2. The van der Waals surface area contributed by atoms with E-state index in [2.05, 4.69) is 22.4 Å². The summed E-state index contributed by atoms with van der Waals surface area (Å²) in [5, 5.41) is 6.79. The fourth-order valence-corrected chi connectivity index (χ4v) is 4.49. The van der Waals surface area contributed by atoms with E-state index in [0.29, 0.717) is 17.8 Å². The number of carbonyl (C=O) groups excluding carboxylic acids is 1. The van der Waals surface area contributed by atoms with Crippen LogP contribution in [0.5, 0.6) is 0 Å². The smallest absolute Gasteiger partial charge is 0.353 e. The number of carbonyl (C=O) groups is 1. The van der Waals surface area contributed by atoms with Gasteiger partial charge < -0.3 is 10.2 Å². The van der Waals surface area contributed by atoms with Crippen LogP contribution in [0.1, 0.15) is 62.3 Å². The monoisotopic (exact) mass is 370 g/mol. The van der Waals surface area contributed by atoms with Crippen molar-refractivity contribution in [3.05, 3.63) is 17.5 Å². The van der Waals surface area contributed by atoms with E-state index in [1.54, 1.807) is 0 Å². The number of amides is 1. The second-order valence-corrected chi connectivity index (χ2v) is 7.99. The Kier molecular flexibility index (Phi) is 4.49. The molecule has 2 saturated heterocycles. The first kappa shape index (κ1) is 17.8. The van der Waals surface area contributed by atoms with Crippen molar-refractivity contribution in [1.82, 2.24) is 20.0 Å². The highest BCUT2D eigenvalue weighted by atomic mass is 19.4. The maximum Gasteiger partial charge on any atom is 0.435 e. The van der Waals surface area contributed by atoms with Gasteiger partial charge in [0.1, 0.15) is 0 Å². The molecule has 1 aliphatic carbocycles. The van der Waals surface area contributed by atoms with Crippen molar-refractivity contribution in [2.24, 2.45) is 0 Å². The van der Waals surface area contributed by atoms with Gasteiger partial charge in [-0.25, -0.2) is 0 Å². The molecule has 2 unspecified atom stereocenters. The predicted molar refractivity (Wildman–Crippen MR) is 89.6 cm³/mol. The lowest BCUT2D eigenvalue weighted by atomic mass is 9.98. The topological polar surface area (TPSA) is 50.2 Å². The number of fused-ring (bicyclic) bond motifs is 2. The van der Waals surface area contributed by atoms with Gasteiger partial charge >= 0.3 is 6.18 Å². The number of halogens is 3. The molecule has 1 aromatic heterocycles. The lowest BCUT2D eigenvalue weighted by Crippen LogP contribution is -2.48. The minimum absolute atomic E-state index is 0.0928. The molecule has 3 aliphatic rings.